The predicted octanol–water partition coefficient (Wildman–Crippen LogP) is 1.31. The second kappa shape index (κ2) is 4.13. The number of hydrogen-bond donors (Lipinski definition) is 1. The van der Waals surface area contributed by atoms with Crippen molar-refractivity contribution in [3.63, 3.8) is 0 Å². The summed E-state index contributed by atoms with van der Waals surface area (Å²) >= 11 is 0. The molecule has 0 bridgehead atoms. The SMILES string of the molecule is CC1(C)OC[C@H](CNC2CC2)O1.Cl. The van der Waals surface area contributed by atoms with Crippen LogP contribution in [0.3, 0.4) is 0 Å². The van der Waals surface area contributed by atoms with Crippen LogP contribution in [0.15, 0.2) is 0 Å². The predicted molar refractivity (Wildman–Crippen MR) is 53.2 cm³/mol. The quantitative estimate of drug-likeness (QED) is 0.757. The van der Waals surface area contributed by atoms with Crippen LogP contribution in [0.25, 0.3) is 0 Å². The molecular formula is C9H18ClNO2. The van der Waals surface area contributed by atoms with Crippen molar-refractivity contribution in [3.05, 3.63) is 0 Å². The second-order valence-corrected chi connectivity index (χ2v) is 4.13. The largest absolute Gasteiger partial charge is 0.348 e. The van der Waals surface area contributed by atoms with Crippen molar-refractivity contribution in [2.45, 2.75) is 44.6 Å². The van der Waals surface area contributed by atoms with Gasteiger partial charge in [-0.05, 0) is 26.7 Å². The minimum absolute atomic E-state index is 0. The second-order valence-electron chi connectivity index (χ2n) is 4.13. The molecule has 2 aliphatic rings. The Bertz CT molecular complexity index is 171. The molecule has 1 saturated carbocycles. The number of nitrogens with one attached hydrogen (secondary N) is 1. The summed E-state index contributed by atoms with van der Waals surface area (Å²) in [6, 6.07) is 0.761. The van der Waals surface area contributed by atoms with E-state index in [0.29, 0.717) is 0 Å². The third-order valence-electron chi connectivity index (χ3n) is 2.28. The molecular weight excluding hydrogens is 190 g/mol. The molecule has 0 radical (unpaired) electrons. The van der Waals surface area contributed by atoms with Crippen molar-refractivity contribution < 1.29 is 9.47 Å². The average molecular weight is 208 g/mol. The summed E-state index contributed by atoms with van der Waals surface area (Å²) < 4.78 is 11.1. The van der Waals surface area contributed by atoms with Gasteiger partial charge in [-0.2, -0.15) is 0 Å². The molecule has 4 heteroatoms. The molecule has 1 heterocycles. The molecule has 13 heavy (non-hydrogen) atoms. The van der Waals surface area contributed by atoms with Gasteiger partial charge in [0.15, 0.2) is 5.79 Å². The van der Waals surface area contributed by atoms with Crippen LogP contribution < -0.4 is 5.32 Å². The molecule has 0 amide bonds. The van der Waals surface area contributed by atoms with Crippen molar-refractivity contribution >= 4 is 12.4 Å². The fraction of sp³-hybridized carbons (Fsp3) is 1.00. The fourth-order valence-corrected chi connectivity index (χ4v) is 1.45. The Kier molecular flexibility index (Phi) is 3.57. The minimum atomic E-state index is -0.365. The van der Waals surface area contributed by atoms with Crippen LogP contribution in [0.2, 0.25) is 0 Å². The Balaban J connectivity index is 0.000000845. The highest BCUT2D eigenvalue weighted by atomic mass is 35.5. The lowest BCUT2D eigenvalue weighted by atomic mass is 10.3. The smallest absolute Gasteiger partial charge is 0.163 e. The van der Waals surface area contributed by atoms with Crippen molar-refractivity contribution in [3.8, 4) is 0 Å². The van der Waals surface area contributed by atoms with Gasteiger partial charge in [0, 0.05) is 12.6 Å². The van der Waals surface area contributed by atoms with E-state index >= 15 is 0 Å². The topological polar surface area (TPSA) is 30.5 Å². The molecule has 1 atom stereocenters. The van der Waals surface area contributed by atoms with Crippen LogP contribution in [0.1, 0.15) is 26.7 Å². The monoisotopic (exact) mass is 207 g/mol. The molecule has 0 aromatic rings. The van der Waals surface area contributed by atoms with E-state index in [4.69, 9.17) is 9.47 Å². The van der Waals surface area contributed by atoms with Crippen molar-refractivity contribution in [2.75, 3.05) is 13.2 Å². The van der Waals surface area contributed by atoms with Crippen LogP contribution in [0.5, 0.6) is 0 Å². The van der Waals surface area contributed by atoms with Crippen LogP contribution in [-0.4, -0.2) is 31.1 Å². The highest BCUT2D eigenvalue weighted by Gasteiger charge is 2.33. The first-order valence-corrected chi connectivity index (χ1v) is 4.71. The van der Waals surface area contributed by atoms with Crippen LogP contribution >= 0.6 is 12.4 Å². The molecule has 2 fully saturated rings. The van der Waals surface area contributed by atoms with E-state index < -0.39 is 0 Å². The van der Waals surface area contributed by atoms with Crippen molar-refractivity contribution in [1.29, 1.82) is 0 Å². The maximum Gasteiger partial charge on any atom is 0.163 e. The molecule has 0 unspecified atom stereocenters. The normalized spacial score (nSPS) is 31.4. The maximum atomic E-state index is 5.64. The van der Waals surface area contributed by atoms with Crippen LogP contribution in [0, 0.1) is 0 Å². The first-order valence-electron chi connectivity index (χ1n) is 4.71. The summed E-state index contributed by atoms with van der Waals surface area (Å²) in [6.45, 7) is 5.59. The van der Waals surface area contributed by atoms with E-state index in [9.17, 15) is 0 Å². The molecule has 0 aromatic carbocycles. The van der Waals surface area contributed by atoms with Crippen LogP contribution in [-0.2, 0) is 9.47 Å². The average Bonchev–Trinajstić information content (AvgIpc) is 2.74. The number of rotatable bonds is 3. The zero-order chi connectivity index (χ0) is 8.60. The molecule has 1 aliphatic carbocycles. The van der Waals surface area contributed by atoms with E-state index in [1.54, 1.807) is 0 Å². The number of ether oxygens (including phenoxy) is 2. The summed E-state index contributed by atoms with van der Waals surface area (Å²) in [7, 11) is 0. The molecule has 78 valence electrons. The summed E-state index contributed by atoms with van der Waals surface area (Å²) in [6.07, 6.45) is 2.91. The Labute approximate surface area is 85.6 Å². The maximum absolute atomic E-state index is 5.64. The van der Waals surface area contributed by atoms with E-state index in [1.807, 2.05) is 13.8 Å². The fourth-order valence-electron chi connectivity index (χ4n) is 1.45. The standard InChI is InChI=1S/C9H17NO2.ClH/c1-9(2)11-6-8(12-9)5-10-7-3-4-7;/h7-8,10H,3-6H2,1-2H3;1H/t8-;/m0./s1. The van der Waals surface area contributed by atoms with Gasteiger partial charge in [0.25, 0.3) is 0 Å². The van der Waals surface area contributed by atoms with Gasteiger partial charge >= 0.3 is 0 Å². The summed E-state index contributed by atoms with van der Waals surface area (Å²) in [5.74, 6) is -0.365. The third-order valence-corrected chi connectivity index (χ3v) is 2.28. The molecule has 1 aliphatic heterocycles. The zero-order valence-corrected chi connectivity index (χ0v) is 9.02. The zero-order valence-electron chi connectivity index (χ0n) is 8.21. The Morgan fingerprint density at radius 1 is 1.38 bits per heavy atom. The number of halogens is 1. The van der Waals surface area contributed by atoms with Gasteiger partial charge < -0.3 is 14.8 Å². The third kappa shape index (κ3) is 3.43. The molecule has 1 N–H and O–H groups in total. The molecule has 2 rings (SSSR count). The molecule has 1 saturated heterocycles. The lowest BCUT2D eigenvalue weighted by molar-refractivity contribution is -0.137. The summed E-state index contributed by atoms with van der Waals surface area (Å²) in [4.78, 5) is 0. The first-order chi connectivity index (χ1) is 5.66. The summed E-state index contributed by atoms with van der Waals surface area (Å²) in [5.41, 5.74) is 0. The number of hydrogen-bond acceptors (Lipinski definition) is 3. The van der Waals surface area contributed by atoms with Gasteiger partial charge in [-0.3, -0.25) is 0 Å². The van der Waals surface area contributed by atoms with Gasteiger partial charge in [-0.1, -0.05) is 0 Å². The van der Waals surface area contributed by atoms with Gasteiger partial charge in [-0.15, -0.1) is 12.4 Å². The molecule has 0 aromatic heterocycles. The summed E-state index contributed by atoms with van der Waals surface area (Å²) in [5, 5.41) is 3.43. The van der Waals surface area contributed by atoms with Crippen molar-refractivity contribution in [1.82, 2.24) is 5.32 Å². The Morgan fingerprint density at radius 3 is 2.54 bits per heavy atom. The van der Waals surface area contributed by atoms with E-state index in [-0.39, 0.29) is 24.3 Å². The van der Waals surface area contributed by atoms with Gasteiger partial charge in [-0.25, -0.2) is 0 Å². The van der Waals surface area contributed by atoms with E-state index in [0.717, 1.165) is 19.2 Å². The lowest BCUT2D eigenvalue weighted by Crippen LogP contribution is -2.31. The van der Waals surface area contributed by atoms with Crippen LogP contribution in [0.4, 0.5) is 0 Å². The van der Waals surface area contributed by atoms with Crippen molar-refractivity contribution in [2.24, 2.45) is 0 Å². The van der Waals surface area contributed by atoms with Gasteiger partial charge in [0.05, 0.1) is 12.7 Å². The first kappa shape index (κ1) is 11.2. The lowest BCUT2D eigenvalue weighted by Gasteiger charge is -2.17. The highest BCUT2D eigenvalue weighted by molar-refractivity contribution is 5.85. The Hall–Kier alpha value is 0.170. The molecule has 0 spiro atoms. The molecule has 3 nitrogen and oxygen atoms in total. The highest BCUT2D eigenvalue weighted by Crippen LogP contribution is 2.23. The van der Waals surface area contributed by atoms with Gasteiger partial charge in [0.1, 0.15) is 0 Å². The van der Waals surface area contributed by atoms with E-state index in [1.165, 1.54) is 12.8 Å². The Morgan fingerprint density at radius 2 is 2.08 bits per heavy atom. The van der Waals surface area contributed by atoms with E-state index in [2.05, 4.69) is 5.32 Å². The van der Waals surface area contributed by atoms with Gasteiger partial charge in [0.2, 0.25) is 0 Å². The minimum Gasteiger partial charge on any atom is -0.348 e.